The lowest BCUT2D eigenvalue weighted by Gasteiger charge is -2.22. The van der Waals surface area contributed by atoms with Gasteiger partial charge in [0.15, 0.2) is 6.10 Å². The molecular weight excluding hydrogens is 304 g/mol. The molecule has 5 heteroatoms. The summed E-state index contributed by atoms with van der Waals surface area (Å²) in [6.07, 6.45) is -0.650. The van der Waals surface area contributed by atoms with Crippen LogP contribution < -0.4 is 4.74 Å². The molecule has 1 N–H and O–H groups in total. The van der Waals surface area contributed by atoms with E-state index >= 15 is 0 Å². The van der Waals surface area contributed by atoms with Gasteiger partial charge in [-0.15, -0.1) is 0 Å². The van der Waals surface area contributed by atoms with Gasteiger partial charge in [0.2, 0.25) is 0 Å². The molecule has 0 aliphatic rings. The summed E-state index contributed by atoms with van der Waals surface area (Å²) in [5, 5.41) is 18.1. The monoisotopic (exact) mass is 324 g/mol. The molecule has 0 fully saturated rings. The standard InChI is InChI=1S/C19H20N2O3/c1-14(24-18-8-4-7-17(10-18)13-22)19(23)21(2)12-16-6-3-5-15(9-16)11-20/h3-10,14,22H,12-13H2,1-2H3. The van der Waals surface area contributed by atoms with Crippen LogP contribution in [0.2, 0.25) is 0 Å². The van der Waals surface area contributed by atoms with Gasteiger partial charge >= 0.3 is 0 Å². The first-order valence-electron chi connectivity index (χ1n) is 7.64. The lowest BCUT2D eigenvalue weighted by Crippen LogP contribution is -2.37. The van der Waals surface area contributed by atoms with E-state index in [1.165, 1.54) is 0 Å². The van der Waals surface area contributed by atoms with Crippen LogP contribution in [0.1, 0.15) is 23.6 Å². The van der Waals surface area contributed by atoms with Crippen molar-refractivity contribution in [2.75, 3.05) is 7.05 Å². The first kappa shape index (κ1) is 17.5. The summed E-state index contributed by atoms with van der Waals surface area (Å²) >= 11 is 0. The molecule has 0 radical (unpaired) electrons. The van der Waals surface area contributed by atoms with Crippen molar-refractivity contribution in [1.82, 2.24) is 4.90 Å². The molecule has 124 valence electrons. The number of hydrogen-bond acceptors (Lipinski definition) is 4. The topological polar surface area (TPSA) is 73.6 Å². The maximum absolute atomic E-state index is 12.4. The Morgan fingerprint density at radius 2 is 1.96 bits per heavy atom. The normalized spacial score (nSPS) is 11.4. The van der Waals surface area contributed by atoms with E-state index in [9.17, 15) is 4.79 Å². The molecular formula is C19H20N2O3. The van der Waals surface area contributed by atoms with E-state index in [-0.39, 0.29) is 12.5 Å². The van der Waals surface area contributed by atoms with Crippen molar-refractivity contribution < 1.29 is 14.6 Å². The lowest BCUT2D eigenvalue weighted by molar-refractivity contribution is -0.137. The molecule has 1 amide bonds. The molecule has 1 atom stereocenters. The smallest absolute Gasteiger partial charge is 0.263 e. The second kappa shape index (κ2) is 8.14. The fourth-order valence-electron chi connectivity index (χ4n) is 2.37. The summed E-state index contributed by atoms with van der Waals surface area (Å²) in [6, 6.07) is 16.3. The zero-order chi connectivity index (χ0) is 17.5. The van der Waals surface area contributed by atoms with E-state index in [1.807, 2.05) is 6.07 Å². The molecule has 0 aromatic heterocycles. The molecule has 0 saturated carbocycles. The summed E-state index contributed by atoms with van der Waals surface area (Å²) in [5.41, 5.74) is 2.19. The molecule has 0 spiro atoms. The second-order valence-corrected chi connectivity index (χ2v) is 5.57. The Morgan fingerprint density at radius 1 is 1.25 bits per heavy atom. The van der Waals surface area contributed by atoms with Gasteiger partial charge in [0.05, 0.1) is 18.2 Å². The maximum Gasteiger partial charge on any atom is 0.263 e. The third kappa shape index (κ3) is 4.58. The van der Waals surface area contributed by atoms with Crippen LogP contribution in [-0.4, -0.2) is 29.1 Å². The molecule has 2 aromatic rings. The van der Waals surface area contributed by atoms with Crippen LogP contribution in [0, 0.1) is 11.3 Å². The van der Waals surface area contributed by atoms with Gasteiger partial charge in [0.1, 0.15) is 5.75 Å². The predicted octanol–water partition coefficient (Wildman–Crippen LogP) is 2.48. The van der Waals surface area contributed by atoms with Crippen LogP contribution in [0.15, 0.2) is 48.5 Å². The van der Waals surface area contributed by atoms with Gasteiger partial charge in [0.25, 0.3) is 5.91 Å². The van der Waals surface area contributed by atoms with Gasteiger partial charge in [-0.1, -0.05) is 24.3 Å². The van der Waals surface area contributed by atoms with E-state index in [0.717, 1.165) is 11.1 Å². The molecule has 2 rings (SSSR count). The van der Waals surface area contributed by atoms with Crippen molar-refractivity contribution in [3.63, 3.8) is 0 Å². The molecule has 0 aliphatic carbocycles. The summed E-state index contributed by atoms with van der Waals surface area (Å²) in [4.78, 5) is 14.0. The van der Waals surface area contributed by atoms with Gasteiger partial charge in [-0.2, -0.15) is 5.26 Å². The van der Waals surface area contributed by atoms with Crippen molar-refractivity contribution >= 4 is 5.91 Å². The first-order valence-corrected chi connectivity index (χ1v) is 7.64. The van der Waals surface area contributed by atoms with Crippen LogP contribution in [0.5, 0.6) is 5.75 Å². The van der Waals surface area contributed by atoms with Crippen LogP contribution in [-0.2, 0) is 17.9 Å². The average molecular weight is 324 g/mol. The molecule has 24 heavy (non-hydrogen) atoms. The zero-order valence-corrected chi connectivity index (χ0v) is 13.8. The van der Waals surface area contributed by atoms with Crippen molar-refractivity contribution in [1.29, 1.82) is 5.26 Å². The molecule has 0 heterocycles. The Bertz CT molecular complexity index is 752. The van der Waals surface area contributed by atoms with Gasteiger partial charge in [-0.3, -0.25) is 4.79 Å². The van der Waals surface area contributed by atoms with Crippen molar-refractivity contribution in [3.8, 4) is 11.8 Å². The number of carbonyl (C=O) groups is 1. The number of amides is 1. The minimum absolute atomic E-state index is 0.0747. The fourth-order valence-corrected chi connectivity index (χ4v) is 2.37. The highest BCUT2D eigenvalue weighted by atomic mass is 16.5. The number of aliphatic hydroxyl groups excluding tert-OH is 1. The third-order valence-electron chi connectivity index (χ3n) is 3.59. The lowest BCUT2D eigenvalue weighted by atomic mass is 10.1. The minimum Gasteiger partial charge on any atom is -0.481 e. The molecule has 0 bridgehead atoms. The quantitative estimate of drug-likeness (QED) is 0.886. The van der Waals surface area contributed by atoms with Crippen molar-refractivity contribution in [2.24, 2.45) is 0 Å². The number of ether oxygens (including phenoxy) is 1. The number of aliphatic hydroxyl groups is 1. The van der Waals surface area contributed by atoms with Gasteiger partial charge in [-0.25, -0.2) is 0 Å². The number of nitrogens with zero attached hydrogens (tertiary/aromatic N) is 2. The third-order valence-corrected chi connectivity index (χ3v) is 3.59. The summed E-state index contributed by atoms with van der Waals surface area (Å²) in [5.74, 6) is 0.383. The number of likely N-dealkylation sites (N-methyl/N-ethyl adjacent to an activating group) is 1. The van der Waals surface area contributed by atoms with Crippen LogP contribution in [0.4, 0.5) is 0 Å². The van der Waals surface area contributed by atoms with Crippen molar-refractivity contribution in [3.05, 3.63) is 65.2 Å². The maximum atomic E-state index is 12.4. The van der Waals surface area contributed by atoms with Crippen LogP contribution in [0.25, 0.3) is 0 Å². The zero-order valence-electron chi connectivity index (χ0n) is 13.8. The number of nitriles is 1. The van der Waals surface area contributed by atoms with E-state index in [4.69, 9.17) is 15.1 Å². The molecule has 0 saturated heterocycles. The molecule has 0 aliphatic heterocycles. The summed E-state index contributed by atoms with van der Waals surface area (Å²) in [6.45, 7) is 2.02. The average Bonchev–Trinajstić information content (AvgIpc) is 2.61. The van der Waals surface area contributed by atoms with E-state index in [0.29, 0.717) is 17.9 Å². The number of rotatable bonds is 6. The minimum atomic E-state index is -0.650. The van der Waals surface area contributed by atoms with E-state index in [1.54, 1.807) is 61.3 Å². The summed E-state index contributed by atoms with van der Waals surface area (Å²) < 4.78 is 5.67. The molecule has 1 unspecified atom stereocenters. The van der Waals surface area contributed by atoms with Crippen molar-refractivity contribution in [2.45, 2.75) is 26.2 Å². The largest absolute Gasteiger partial charge is 0.481 e. The van der Waals surface area contributed by atoms with E-state index in [2.05, 4.69) is 6.07 Å². The predicted molar refractivity (Wildman–Crippen MR) is 90.1 cm³/mol. The Kier molecular flexibility index (Phi) is 5.94. The van der Waals surface area contributed by atoms with Crippen LogP contribution >= 0.6 is 0 Å². The number of carbonyl (C=O) groups excluding carboxylic acids is 1. The Labute approximate surface area is 141 Å². The summed E-state index contributed by atoms with van der Waals surface area (Å²) in [7, 11) is 1.70. The van der Waals surface area contributed by atoms with Gasteiger partial charge < -0.3 is 14.7 Å². The Hall–Kier alpha value is -2.84. The molecule has 2 aromatic carbocycles. The number of hydrogen-bond donors (Lipinski definition) is 1. The van der Waals surface area contributed by atoms with E-state index < -0.39 is 6.10 Å². The highest BCUT2D eigenvalue weighted by Gasteiger charge is 2.19. The molecule has 5 nitrogen and oxygen atoms in total. The Balaban J connectivity index is 1.99. The number of benzene rings is 2. The van der Waals surface area contributed by atoms with Gasteiger partial charge in [0, 0.05) is 13.6 Å². The Morgan fingerprint density at radius 3 is 2.67 bits per heavy atom. The van der Waals surface area contributed by atoms with Crippen LogP contribution in [0.3, 0.4) is 0 Å². The SMILES string of the molecule is CC(Oc1cccc(CO)c1)C(=O)N(C)Cc1cccc(C#N)c1. The second-order valence-electron chi connectivity index (χ2n) is 5.57. The first-order chi connectivity index (χ1) is 11.5. The highest BCUT2D eigenvalue weighted by molar-refractivity contribution is 5.80. The highest BCUT2D eigenvalue weighted by Crippen LogP contribution is 2.16. The van der Waals surface area contributed by atoms with Gasteiger partial charge in [-0.05, 0) is 42.3 Å². The fraction of sp³-hybridized carbons (Fsp3) is 0.263.